The van der Waals surface area contributed by atoms with Crippen LogP contribution in [0.15, 0.2) is 69.6 Å². The number of fused-ring (bicyclic) bond motifs is 2. The number of likely N-dealkylation sites (N-methyl/N-ethyl adjacent to an activating group) is 1. The van der Waals surface area contributed by atoms with Gasteiger partial charge in [0.2, 0.25) is 5.58 Å². The van der Waals surface area contributed by atoms with Crippen LogP contribution in [0.3, 0.4) is 0 Å². The maximum Gasteiger partial charge on any atom is 1.00 e. The van der Waals surface area contributed by atoms with Gasteiger partial charge in [-0.2, -0.15) is 4.57 Å². The van der Waals surface area contributed by atoms with Crippen LogP contribution in [-0.2, 0) is 22.1 Å². The predicted molar refractivity (Wildman–Crippen MR) is 115 cm³/mol. The molecule has 0 saturated heterocycles. The Kier molecular flexibility index (Phi) is 8.99. The van der Waals surface area contributed by atoms with E-state index in [0.717, 1.165) is 40.5 Å². The molecule has 4 rings (SSSR count). The molecule has 6 nitrogen and oxygen atoms in total. The monoisotopic (exact) mass is 590 g/mol. The molecule has 3 aromatic rings. The molecular formula is C23H24IKN2O4S. The largest absolute Gasteiger partial charge is 1.00 e. The molecule has 0 saturated carbocycles. The van der Waals surface area contributed by atoms with Gasteiger partial charge in [0.25, 0.3) is 5.52 Å². The molecule has 2 heterocycles. The molecule has 164 valence electrons. The normalized spacial score (nSPS) is 16.3. The van der Waals surface area contributed by atoms with Crippen LogP contribution in [0.4, 0.5) is 5.69 Å². The number of aromatic nitrogens is 1. The number of anilines is 1. The zero-order valence-electron chi connectivity index (χ0n) is 18.8. The van der Waals surface area contributed by atoms with Gasteiger partial charge in [0.05, 0.1) is 11.0 Å². The number of para-hydroxylation sites is 2. The van der Waals surface area contributed by atoms with Crippen LogP contribution in [0.5, 0.6) is 0 Å². The summed E-state index contributed by atoms with van der Waals surface area (Å²) in [5.74, 6) is 0.756. The van der Waals surface area contributed by atoms with Gasteiger partial charge in [-0.15, -0.1) is 0 Å². The second kappa shape index (κ2) is 10.4. The first-order valence-corrected chi connectivity index (χ1v) is 11.2. The molecule has 9 heteroatoms. The third-order valence-electron chi connectivity index (χ3n) is 5.74. The van der Waals surface area contributed by atoms with Gasteiger partial charge in [-0.05, 0) is 42.8 Å². The van der Waals surface area contributed by atoms with Crippen molar-refractivity contribution in [2.45, 2.75) is 37.6 Å². The van der Waals surface area contributed by atoms with Crippen molar-refractivity contribution in [1.29, 1.82) is 0 Å². The summed E-state index contributed by atoms with van der Waals surface area (Å²) in [6.07, 6.45) is 5.87. The van der Waals surface area contributed by atoms with Gasteiger partial charge in [0.1, 0.15) is 16.7 Å². The van der Waals surface area contributed by atoms with Crippen LogP contribution >= 0.6 is 0 Å². The first-order chi connectivity index (χ1) is 14.1. The van der Waals surface area contributed by atoms with E-state index in [0.29, 0.717) is 0 Å². The summed E-state index contributed by atoms with van der Waals surface area (Å²) in [7, 11) is -2.56. The minimum Gasteiger partial charge on any atom is -1.00 e. The third kappa shape index (κ3) is 4.95. The van der Waals surface area contributed by atoms with E-state index in [1.807, 2.05) is 68.3 Å². The molecule has 0 amide bonds. The zero-order chi connectivity index (χ0) is 21.7. The fourth-order valence-corrected chi connectivity index (χ4v) is 4.69. The number of hydrogen-bond donors (Lipinski definition) is 0. The van der Waals surface area contributed by atoms with Crippen LogP contribution in [0.2, 0.25) is 0 Å². The quantitative estimate of drug-likeness (QED) is 0.152. The molecule has 0 radical (unpaired) electrons. The van der Waals surface area contributed by atoms with Crippen molar-refractivity contribution in [2.24, 2.45) is 0 Å². The van der Waals surface area contributed by atoms with Crippen molar-refractivity contribution in [2.75, 3.05) is 11.9 Å². The minimum atomic E-state index is -4.50. The number of allylic oxidation sites excluding steroid dienone is 3. The predicted octanol–water partition coefficient (Wildman–Crippen LogP) is -2.02. The summed E-state index contributed by atoms with van der Waals surface area (Å²) >= 11 is 0. The molecule has 0 aliphatic carbocycles. The van der Waals surface area contributed by atoms with Gasteiger partial charge in [0, 0.05) is 29.9 Å². The molecule has 1 aliphatic rings. The Balaban J connectivity index is 0.00000181. The van der Waals surface area contributed by atoms with Gasteiger partial charge < -0.3 is 37.8 Å². The van der Waals surface area contributed by atoms with Gasteiger partial charge in [0.15, 0.2) is 0 Å². The average Bonchev–Trinajstić information content (AvgIpc) is 3.14. The standard InChI is InChI=1S/C23H24N2O4S.HI.K/c1-5-25-19-9-6-7-10-20(19)29-22(25)12-8-11-21-23(2,3)17-15-16(30(26,27)28)13-14-18(17)24(21)4;;/h6-15H,5H2,1-4H3;1H;/q;;+1/p-1. The topological polar surface area (TPSA) is 77.5 Å². The summed E-state index contributed by atoms with van der Waals surface area (Å²) < 4.78 is 42.5. The van der Waals surface area contributed by atoms with Gasteiger partial charge in [-0.25, -0.2) is 8.42 Å². The van der Waals surface area contributed by atoms with Crippen LogP contribution in [-0.4, -0.2) is 20.0 Å². The Hall–Kier alpha value is -0.534. The summed E-state index contributed by atoms with van der Waals surface area (Å²) in [4.78, 5) is 1.82. The molecule has 0 atom stereocenters. The summed E-state index contributed by atoms with van der Waals surface area (Å²) in [6, 6.07) is 12.5. The van der Waals surface area contributed by atoms with Crippen molar-refractivity contribution in [1.82, 2.24) is 0 Å². The Morgan fingerprint density at radius 3 is 2.53 bits per heavy atom. The number of oxazole rings is 1. The van der Waals surface area contributed by atoms with Crippen molar-refractivity contribution < 1.29 is 97.3 Å². The minimum absolute atomic E-state index is 0. The zero-order valence-corrected chi connectivity index (χ0v) is 24.9. The molecule has 0 spiro atoms. The van der Waals surface area contributed by atoms with E-state index in [4.69, 9.17) is 4.42 Å². The molecular weight excluding hydrogens is 566 g/mol. The Morgan fingerprint density at radius 2 is 1.88 bits per heavy atom. The molecule has 0 fully saturated rings. The van der Waals surface area contributed by atoms with Crippen LogP contribution in [0.1, 0.15) is 32.2 Å². The Morgan fingerprint density at radius 1 is 1.19 bits per heavy atom. The number of halogens is 1. The SMILES string of the molecule is CC[n+]1c(/C=C/C=C2/N(C)c3ccc(S(=O)(=O)[O-])cc3C2(C)C)oc2ccccc21.[I-].[K+]. The number of rotatable bonds is 4. The third-order valence-corrected chi connectivity index (χ3v) is 6.57. The van der Waals surface area contributed by atoms with Crippen molar-refractivity contribution in [3.8, 4) is 0 Å². The van der Waals surface area contributed by atoms with E-state index in [1.54, 1.807) is 6.07 Å². The number of nitrogens with zero attached hydrogens (tertiary/aromatic N) is 2. The molecule has 0 bridgehead atoms. The first-order valence-electron chi connectivity index (χ1n) is 9.79. The molecule has 0 N–H and O–H groups in total. The fourth-order valence-electron chi connectivity index (χ4n) is 4.20. The Bertz CT molecular complexity index is 1310. The van der Waals surface area contributed by atoms with E-state index in [9.17, 15) is 13.0 Å². The van der Waals surface area contributed by atoms with E-state index in [-0.39, 0.29) is 80.3 Å². The van der Waals surface area contributed by atoms with Gasteiger partial charge in [-0.1, -0.05) is 32.1 Å². The number of aryl methyl sites for hydroxylation is 1. The number of hydrogen-bond acceptors (Lipinski definition) is 5. The first kappa shape index (κ1) is 27.7. The maximum absolute atomic E-state index is 11.5. The van der Waals surface area contributed by atoms with E-state index < -0.39 is 15.5 Å². The molecule has 0 unspecified atom stereocenters. The summed E-state index contributed by atoms with van der Waals surface area (Å²) in [6.45, 7) is 6.90. The van der Waals surface area contributed by atoms with Crippen LogP contribution in [0, 0.1) is 0 Å². The average molecular weight is 591 g/mol. The molecule has 1 aliphatic heterocycles. The van der Waals surface area contributed by atoms with Crippen LogP contribution < -0.4 is 84.8 Å². The van der Waals surface area contributed by atoms with Crippen molar-refractivity contribution in [3.63, 3.8) is 0 Å². The van der Waals surface area contributed by atoms with Crippen LogP contribution in [0.25, 0.3) is 17.2 Å². The second-order valence-corrected chi connectivity index (χ2v) is 9.26. The van der Waals surface area contributed by atoms with Gasteiger partial charge >= 0.3 is 57.3 Å². The number of benzene rings is 2. The van der Waals surface area contributed by atoms with E-state index >= 15 is 0 Å². The fraction of sp³-hybridized carbons (Fsp3) is 0.261. The molecule has 2 aromatic carbocycles. The van der Waals surface area contributed by atoms with Crippen molar-refractivity contribution >= 4 is 33.0 Å². The van der Waals surface area contributed by atoms with E-state index in [1.165, 1.54) is 12.1 Å². The molecule has 1 aromatic heterocycles. The summed E-state index contributed by atoms with van der Waals surface area (Å²) in [5.41, 5.74) is 4.12. The van der Waals surface area contributed by atoms with Crippen molar-refractivity contribution in [3.05, 3.63) is 71.8 Å². The smallest absolute Gasteiger partial charge is 1.00 e. The summed E-state index contributed by atoms with van der Waals surface area (Å²) in [5, 5.41) is 0. The second-order valence-electron chi connectivity index (χ2n) is 7.88. The van der Waals surface area contributed by atoms with Gasteiger partial charge in [-0.3, -0.25) is 0 Å². The Labute approximate surface area is 248 Å². The van der Waals surface area contributed by atoms with E-state index in [2.05, 4.69) is 11.5 Å². The molecule has 32 heavy (non-hydrogen) atoms. The maximum atomic E-state index is 11.5.